The first-order valence-corrected chi connectivity index (χ1v) is 5.79. The number of para-hydroxylation sites is 1. The number of hydrogen-bond acceptors (Lipinski definition) is 4. The van der Waals surface area contributed by atoms with Crippen LogP contribution >= 0.6 is 0 Å². The third kappa shape index (κ3) is 2.85. The van der Waals surface area contributed by atoms with Crippen molar-refractivity contribution in [2.75, 3.05) is 0 Å². The summed E-state index contributed by atoms with van der Waals surface area (Å²) in [5.41, 5.74) is 8.19. The van der Waals surface area contributed by atoms with E-state index in [-0.39, 0.29) is 6.61 Å². The second-order valence-corrected chi connectivity index (χ2v) is 3.87. The topological polar surface area (TPSA) is 68.4 Å². The first-order chi connectivity index (χ1) is 8.85. The van der Waals surface area contributed by atoms with Gasteiger partial charge in [-0.3, -0.25) is 4.98 Å². The quantitative estimate of drug-likeness (QED) is 0.838. The van der Waals surface area contributed by atoms with Crippen molar-refractivity contribution in [1.82, 2.24) is 4.98 Å². The van der Waals surface area contributed by atoms with Gasteiger partial charge < -0.3 is 15.6 Å². The number of aliphatic hydroxyl groups is 1. The lowest BCUT2D eigenvalue weighted by atomic mass is 10.2. The summed E-state index contributed by atoms with van der Waals surface area (Å²) in [4.78, 5) is 4.20. The number of ether oxygens (including phenoxy) is 1. The number of aliphatic hydroxyl groups excluding tert-OH is 1. The minimum absolute atomic E-state index is 0.0348. The molecule has 0 spiro atoms. The first-order valence-electron chi connectivity index (χ1n) is 5.79. The average molecular weight is 244 g/mol. The molecule has 0 radical (unpaired) electrons. The van der Waals surface area contributed by atoms with Crippen molar-refractivity contribution in [2.24, 2.45) is 5.73 Å². The second-order valence-electron chi connectivity index (χ2n) is 3.87. The van der Waals surface area contributed by atoms with Crippen LogP contribution in [0, 0.1) is 0 Å². The fourth-order valence-corrected chi connectivity index (χ4v) is 1.72. The van der Waals surface area contributed by atoms with Gasteiger partial charge in [-0.1, -0.05) is 24.3 Å². The van der Waals surface area contributed by atoms with Crippen LogP contribution in [0.5, 0.6) is 5.75 Å². The lowest BCUT2D eigenvalue weighted by molar-refractivity contribution is 0.258. The second kappa shape index (κ2) is 6.14. The Balaban J connectivity index is 2.11. The summed E-state index contributed by atoms with van der Waals surface area (Å²) in [6.07, 6.45) is 1.72. The Morgan fingerprint density at radius 1 is 1.11 bits per heavy atom. The van der Waals surface area contributed by atoms with Crippen LogP contribution < -0.4 is 10.5 Å². The van der Waals surface area contributed by atoms with Crippen LogP contribution in [0.1, 0.15) is 16.8 Å². The maximum absolute atomic E-state index is 9.20. The predicted molar refractivity (Wildman–Crippen MR) is 68.8 cm³/mol. The molecule has 2 aromatic rings. The van der Waals surface area contributed by atoms with Gasteiger partial charge in [-0.2, -0.15) is 0 Å². The molecule has 0 saturated carbocycles. The molecule has 1 aromatic carbocycles. The van der Waals surface area contributed by atoms with Crippen LogP contribution in [-0.4, -0.2) is 10.1 Å². The summed E-state index contributed by atoms with van der Waals surface area (Å²) < 4.78 is 5.70. The molecule has 0 fully saturated rings. The molecule has 0 aliphatic carbocycles. The van der Waals surface area contributed by atoms with E-state index in [1.54, 1.807) is 6.20 Å². The summed E-state index contributed by atoms with van der Waals surface area (Å²) >= 11 is 0. The van der Waals surface area contributed by atoms with E-state index in [2.05, 4.69) is 4.98 Å². The highest BCUT2D eigenvalue weighted by Crippen LogP contribution is 2.19. The summed E-state index contributed by atoms with van der Waals surface area (Å²) in [7, 11) is 0. The van der Waals surface area contributed by atoms with Gasteiger partial charge in [0.2, 0.25) is 0 Å². The molecule has 2 rings (SSSR count). The molecule has 0 atom stereocenters. The van der Waals surface area contributed by atoms with E-state index in [0.717, 1.165) is 16.8 Å². The highest BCUT2D eigenvalue weighted by Gasteiger charge is 2.05. The molecule has 0 saturated heterocycles. The zero-order valence-electron chi connectivity index (χ0n) is 10.0. The average Bonchev–Trinajstić information content (AvgIpc) is 2.45. The molecule has 1 heterocycles. The number of benzene rings is 1. The van der Waals surface area contributed by atoms with E-state index in [1.807, 2.05) is 36.4 Å². The Morgan fingerprint density at radius 3 is 2.67 bits per heavy atom. The Hall–Kier alpha value is -1.91. The minimum Gasteiger partial charge on any atom is -0.488 e. The van der Waals surface area contributed by atoms with Gasteiger partial charge in [-0.15, -0.1) is 0 Å². The molecule has 1 aromatic heterocycles. The van der Waals surface area contributed by atoms with Gasteiger partial charge in [0.05, 0.1) is 12.3 Å². The molecule has 0 aliphatic rings. The van der Waals surface area contributed by atoms with Crippen molar-refractivity contribution in [1.29, 1.82) is 0 Å². The lowest BCUT2D eigenvalue weighted by Crippen LogP contribution is -2.07. The number of aromatic nitrogens is 1. The highest BCUT2D eigenvalue weighted by atomic mass is 16.5. The Morgan fingerprint density at radius 2 is 1.89 bits per heavy atom. The Labute approximate surface area is 106 Å². The van der Waals surface area contributed by atoms with E-state index in [4.69, 9.17) is 10.5 Å². The number of rotatable bonds is 5. The molecular weight excluding hydrogens is 228 g/mol. The van der Waals surface area contributed by atoms with Gasteiger partial charge in [0.1, 0.15) is 12.4 Å². The smallest absolute Gasteiger partial charge is 0.125 e. The molecular formula is C14H16N2O2. The van der Waals surface area contributed by atoms with Crippen LogP contribution in [0.25, 0.3) is 0 Å². The van der Waals surface area contributed by atoms with Crippen LogP contribution in [0.4, 0.5) is 0 Å². The third-order valence-corrected chi connectivity index (χ3v) is 2.70. The fourth-order valence-electron chi connectivity index (χ4n) is 1.72. The number of hydrogen-bond donors (Lipinski definition) is 2. The molecule has 4 heteroatoms. The lowest BCUT2D eigenvalue weighted by Gasteiger charge is -2.11. The van der Waals surface area contributed by atoms with Gasteiger partial charge in [-0.25, -0.2) is 0 Å². The zero-order valence-corrected chi connectivity index (χ0v) is 10.0. The normalized spacial score (nSPS) is 10.3. The maximum atomic E-state index is 9.20. The molecule has 0 amide bonds. The van der Waals surface area contributed by atoms with E-state index in [9.17, 15) is 5.11 Å². The SMILES string of the molecule is NCc1ncccc1COc1ccccc1CO. The van der Waals surface area contributed by atoms with Gasteiger partial charge in [0, 0.05) is 23.9 Å². The molecule has 0 unspecified atom stereocenters. The maximum Gasteiger partial charge on any atom is 0.125 e. The monoisotopic (exact) mass is 244 g/mol. The first kappa shape index (κ1) is 12.5. The van der Waals surface area contributed by atoms with Crippen LogP contribution in [0.2, 0.25) is 0 Å². The van der Waals surface area contributed by atoms with E-state index >= 15 is 0 Å². The predicted octanol–water partition coefficient (Wildman–Crippen LogP) is 1.61. The number of nitrogens with two attached hydrogens (primary N) is 1. The van der Waals surface area contributed by atoms with E-state index in [1.165, 1.54) is 0 Å². The number of pyridine rings is 1. The van der Waals surface area contributed by atoms with Crippen molar-refractivity contribution >= 4 is 0 Å². The van der Waals surface area contributed by atoms with Gasteiger partial charge in [0.25, 0.3) is 0 Å². The van der Waals surface area contributed by atoms with E-state index < -0.39 is 0 Å². The Kier molecular flexibility index (Phi) is 4.28. The standard InChI is InChI=1S/C14H16N2O2/c15-8-13-12(5-3-7-16-13)10-18-14-6-2-1-4-11(14)9-17/h1-7,17H,8-10,15H2. The van der Waals surface area contributed by atoms with Crippen LogP contribution in [0.3, 0.4) is 0 Å². The molecule has 18 heavy (non-hydrogen) atoms. The summed E-state index contributed by atoms with van der Waals surface area (Å²) in [5.74, 6) is 0.687. The highest BCUT2D eigenvalue weighted by molar-refractivity contribution is 5.33. The molecule has 4 nitrogen and oxygen atoms in total. The van der Waals surface area contributed by atoms with Crippen LogP contribution in [-0.2, 0) is 19.8 Å². The molecule has 0 aliphatic heterocycles. The van der Waals surface area contributed by atoms with Gasteiger partial charge in [-0.05, 0) is 12.1 Å². The van der Waals surface area contributed by atoms with Gasteiger partial charge >= 0.3 is 0 Å². The third-order valence-electron chi connectivity index (χ3n) is 2.70. The summed E-state index contributed by atoms with van der Waals surface area (Å²) in [6.45, 7) is 0.755. The summed E-state index contributed by atoms with van der Waals surface area (Å²) in [5, 5.41) is 9.20. The molecule has 3 N–H and O–H groups in total. The fraction of sp³-hybridized carbons (Fsp3) is 0.214. The van der Waals surface area contributed by atoms with Crippen molar-refractivity contribution in [3.63, 3.8) is 0 Å². The summed E-state index contributed by atoms with van der Waals surface area (Å²) in [6, 6.07) is 11.2. The van der Waals surface area contributed by atoms with E-state index in [0.29, 0.717) is 18.9 Å². The van der Waals surface area contributed by atoms with Crippen molar-refractivity contribution < 1.29 is 9.84 Å². The molecule has 94 valence electrons. The largest absolute Gasteiger partial charge is 0.488 e. The molecule has 0 bridgehead atoms. The number of nitrogens with zero attached hydrogens (tertiary/aromatic N) is 1. The van der Waals surface area contributed by atoms with Crippen molar-refractivity contribution in [3.05, 3.63) is 59.4 Å². The Bertz CT molecular complexity index is 467. The minimum atomic E-state index is -0.0348. The zero-order chi connectivity index (χ0) is 12.8. The van der Waals surface area contributed by atoms with Crippen molar-refractivity contribution in [2.45, 2.75) is 19.8 Å². The van der Waals surface area contributed by atoms with Crippen LogP contribution in [0.15, 0.2) is 42.6 Å². The van der Waals surface area contributed by atoms with Crippen molar-refractivity contribution in [3.8, 4) is 5.75 Å². The van der Waals surface area contributed by atoms with Gasteiger partial charge in [0.15, 0.2) is 0 Å².